The van der Waals surface area contributed by atoms with Crippen LogP contribution in [-0.2, 0) is 14.3 Å². The van der Waals surface area contributed by atoms with E-state index >= 15 is 0 Å². The van der Waals surface area contributed by atoms with Gasteiger partial charge in [0.05, 0.1) is 0 Å². The molecule has 70 valence electrons. The van der Waals surface area contributed by atoms with Crippen LogP contribution in [0.15, 0.2) is 0 Å². The maximum absolute atomic E-state index is 8.35. The number of ether oxygens (including phenoxy) is 1. The molecule has 1 atom stereocenters. The Morgan fingerprint density at radius 1 is 1.42 bits per heavy atom. The standard InChI is InChI=1S/C4H12OSi.2CHNO/c1-3-4(6)5-2;2*2-1-3/h4H,3H2,1-2,6H3;2*2H. The van der Waals surface area contributed by atoms with E-state index in [9.17, 15) is 0 Å². The molecular weight excluding hydrogens is 176 g/mol. The highest BCUT2D eigenvalue weighted by Crippen LogP contribution is 1.85. The first kappa shape index (κ1) is 17.1. The lowest BCUT2D eigenvalue weighted by Gasteiger charge is -2.01. The monoisotopic (exact) mass is 190 g/mol. The van der Waals surface area contributed by atoms with Gasteiger partial charge in [-0.25, -0.2) is 20.4 Å². The van der Waals surface area contributed by atoms with Crippen molar-refractivity contribution in [2.45, 2.75) is 19.1 Å². The van der Waals surface area contributed by atoms with E-state index in [1.54, 1.807) is 7.11 Å². The van der Waals surface area contributed by atoms with Gasteiger partial charge in [-0.3, -0.25) is 0 Å². The van der Waals surface area contributed by atoms with Gasteiger partial charge in [0.15, 0.2) is 0 Å². The quantitative estimate of drug-likeness (QED) is 0.350. The van der Waals surface area contributed by atoms with E-state index in [-0.39, 0.29) is 0 Å². The summed E-state index contributed by atoms with van der Waals surface area (Å²) in [5, 5.41) is 10.8. The SMILES string of the molecule is CCC([SiH3])OC.N=C=O.N=C=O. The van der Waals surface area contributed by atoms with Crippen LogP contribution in [0.4, 0.5) is 0 Å². The van der Waals surface area contributed by atoms with Crippen LogP contribution in [0.25, 0.3) is 0 Å². The molecule has 0 aromatic rings. The molecule has 0 fully saturated rings. The number of methoxy groups -OCH3 is 1. The highest BCUT2D eigenvalue weighted by molar-refractivity contribution is 6.10. The summed E-state index contributed by atoms with van der Waals surface area (Å²) < 4.78 is 4.96. The van der Waals surface area contributed by atoms with Crippen LogP contribution in [0.5, 0.6) is 0 Å². The number of rotatable bonds is 2. The second-order valence-corrected chi connectivity index (χ2v) is 2.95. The van der Waals surface area contributed by atoms with Crippen molar-refractivity contribution in [3.63, 3.8) is 0 Å². The summed E-state index contributed by atoms with van der Waals surface area (Å²) in [6.45, 7) is 2.14. The molecule has 0 aliphatic carbocycles. The van der Waals surface area contributed by atoms with Crippen LogP contribution in [0.2, 0.25) is 0 Å². The molecule has 6 heteroatoms. The highest BCUT2D eigenvalue weighted by Gasteiger charge is 1.88. The molecule has 0 spiro atoms. The lowest BCUT2D eigenvalue weighted by atomic mass is 10.5. The summed E-state index contributed by atoms with van der Waals surface area (Å²) in [7, 11) is 2.93. The first-order valence-electron chi connectivity index (χ1n) is 3.24. The van der Waals surface area contributed by atoms with E-state index in [1.165, 1.54) is 16.7 Å². The van der Waals surface area contributed by atoms with Gasteiger partial charge in [-0.1, -0.05) is 6.92 Å². The molecule has 0 heterocycles. The molecule has 0 radical (unpaired) electrons. The van der Waals surface area contributed by atoms with Crippen LogP contribution in [0.3, 0.4) is 0 Å². The Bertz CT molecular complexity index is 124. The molecule has 0 rings (SSSR count). The van der Waals surface area contributed by atoms with E-state index < -0.39 is 0 Å². The number of isocyanates is 2. The second kappa shape index (κ2) is 22.5. The minimum atomic E-state index is 0.574. The van der Waals surface area contributed by atoms with E-state index in [1.807, 2.05) is 0 Å². The minimum Gasteiger partial charge on any atom is -0.386 e. The predicted octanol–water partition coefficient (Wildman–Crippen LogP) is -0.464. The fourth-order valence-corrected chi connectivity index (χ4v) is 0.167. The van der Waals surface area contributed by atoms with Crippen molar-refractivity contribution < 1.29 is 14.3 Å². The topological polar surface area (TPSA) is 91.1 Å². The number of carbonyl (C=O) groups excluding carboxylic acids is 2. The van der Waals surface area contributed by atoms with Gasteiger partial charge in [-0.05, 0) is 6.42 Å². The summed E-state index contributed by atoms with van der Waals surface area (Å²) in [5.74, 6) is 0. The minimum absolute atomic E-state index is 0.574. The lowest BCUT2D eigenvalue weighted by Crippen LogP contribution is -2.06. The van der Waals surface area contributed by atoms with Crippen molar-refractivity contribution in [1.29, 1.82) is 10.8 Å². The number of nitrogens with one attached hydrogen (secondary N) is 2. The zero-order chi connectivity index (χ0) is 10.4. The van der Waals surface area contributed by atoms with Crippen molar-refractivity contribution in [3.05, 3.63) is 0 Å². The third kappa shape index (κ3) is 65.3. The predicted molar refractivity (Wildman–Crippen MR) is 47.9 cm³/mol. The summed E-state index contributed by atoms with van der Waals surface area (Å²) in [6, 6.07) is 0. The molecule has 0 aliphatic rings. The van der Waals surface area contributed by atoms with Crippen molar-refractivity contribution in [1.82, 2.24) is 0 Å². The van der Waals surface area contributed by atoms with Gasteiger partial charge in [0.1, 0.15) is 0 Å². The zero-order valence-corrected chi connectivity index (χ0v) is 9.51. The van der Waals surface area contributed by atoms with Crippen LogP contribution in [-0.4, -0.2) is 35.2 Å². The molecule has 0 aromatic carbocycles. The second-order valence-electron chi connectivity index (χ2n) is 1.66. The molecule has 12 heavy (non-hydrogen) atoms. The molecule has 0 bridgehead atoms. The van der Waals surface area contributed by atoms with Gasteiger partial charge in [0.25, 0.3) is 0 Å². The largest absolute Gasteiger partial charge is 0.386 e. The van der Waals surface area contributed by atoms with Gasteiger partial charge in [0.2, 0.25) is 12.2 Å². The van der Waals surface area contributed by atoms with E-state index in [2.05, 4.69) is 6.92 Å². The van der Waals surface area contributed by atoms with Crippen LogP contribution < -0.4 is 0 Å². The average Bonchev–Trinajstić information content (AvgIpc) is 2.06. The first-order valence-corrected chi connectivity index (χ1v) is 4.40. The van der Waals surface area contributed by atoms with Crippen molar-refractivity contribution in [2.75, 3.05) is 7.11 Å². The normalized spacial score (nSPS) is 8.83. The van der Waals surface area contributed by atoms with Gasteiger partial charge in [0, 0.05) is 23.1 Å². The average molecular weight is 190 g/mol. The zero-order valence-electron chi connectivity index (χ0n) is 7.51. The Morgan fingerprint density at radius 2 is 1.67 bits per heavy atom. The third-order valence-corrected chi connectivity index (χ3v) is 2.27. The summed E-state index contributed by atoms with van der Waals surface area (Å²) in [5.41, 5.74) is 0.574. The van der Waals surface area contributed by atoms with Crippen molar-refractivity contribution in [3.8, 4) is 0 Å². The Balaban J connectivity index is -0.000000115. The van der Waals surface area contributed by atoms with E-state index in [0.29, 0.717) is 5.73 Å². The van der Waals surface area contributed by atoms with E-state index in [0.717, 1.165) is 12.2 Å². The Hall–Kier alpha value is -1.06. The first-order chi connectivity index (χ1) is 5.64. The summed E-state index contributed by atoms with van der Waals surface area (Å²) >= 11 is 0. The Labute approximate surface area is 74.6 Å². The van der Waals surface area contributed by atoms with Gasteiger partial charge in [-0.2, -0.15) is 0 Å². The van der Waals surface area contributed by atoms with Gasteiger partial charge >= 0.3 is 0 Å². The van der Waals surface area contributed by atoms with Gasteiger partial charge < -0.3 is 4.74 Å². The molecule has 2 N–H and O–H groups in total. The van der Waals surface area contributed by atoms with Crippen LogP contribution >= 0.6 is 0 Å². The smallest absolute Gasteiger partial charge is 0.231 e. The molecule has 0 aromatic heterocycles. The molecular formula is C6H14N2O3Si. The molecule has 0 aliphatic heterocycles. The Kier molecular flexibility index (Phi) is 32.2. The summed E-state index contributed by atoms with van der Waals surface area (Å²) in [6.07, 6.45) is 2.67. The molecule has 0 saturated carbocycles. The van der Waals surface area contributed by atoms with E-state index in [4.69, 9.17) is 25.1 Å². The van der Waals surface area contributed by atoms with Crippen LogP contribution in [0, 0.1) is 10.8 Å². The fraction of sp³-hybridized carbons (Fsp3) is 0.667. The molecule has 1 unspecified atom stereocenters. The molecule has 0 saturated heterocycles. The molecule has 5 nitrogen and oxygen atoms in total. The highest BCUT2D eigenvalue weighted by atomic mass is 28.1. The third-order valence-electron chi connectivity index (χ3n) is 0.977. The van der Waals surface area contributed by atoms with Crippen LogP contribution in [0.1, 0.15) is 13.3 Å². The van der Waals surface area contributed by atoms with Gasteiger partial charge in [-0.15, -0.1) is 0 Å². The number of hydrogen-bond acceptors (Lipinski definition) is 5. The van der Waals surface area contributed by atoms with Crippen molar-refractivity contribution >= 4 is 22.4 Å². The fourth-order valence-electron chi connectivity index (χ4n) is 0.167. The number of hydrogen-bond donors (Lipinski definition) is 2. The van der Waals surface area contributed by atoms with Crippen molar-refractivity contribution in [2.24, 2.45) is 0 Å². The maximum atomic E-state index is 8.35. The molecule has 0 amide bonds. The lowest BCUT2D eigenvalue weighted by molar-refractivity contribution is 0.164. The Morgan fingerprint density at radius 3 is 1.67 bits per heavy atom. The maximum Gasteiger partial charge on any atom is 0.231 e. The summed E-state index contributed by atoms with van der Waals surface area (Å²) in [4.78, 5) is 16.7.